The van der Waals surface area contributed by atoms with E-state index in [4.69, 9.17) is 10.00 Å². The molecule has 17 heavy (non-hydrogen) atoms. The Morgan fingerprint density at radius 2 is 2.24 bits per heavy atom. The van der Waals surface area contributed by atoms with Crippen molar-refractivity contribution >= 4 is 5.91 Å². The Morgan fingerprint density at radius 1 is 1.47 bits per heavy atom. The minimum Gasteiger partial charge on any atom is -0.358 e. The van der Waals surface area contributed by atoms with Gasteiger partial charge in [-0.1, -0.05) is 12.8 Å². The van der Waals surface area contributed by atoms with Crippen molar-refractivity contribution in [3.63, 3.8) is 0 Å². The number of nitrogens with zero attached hydrogens (tertiary/aromatic N) is 2. The van der Waals surface area contributed by atoms with Crippen LogP contribution in [0.25, 0.3) is 0 Å². The maximum absolute atomic E-state index is 12.3. The van der Waals surface area contributed by atoms with Gasteiger partial charge < -0.3 is 9.64 Å². The number of nitriles is 1. The van der Waals surface area contributed by atoms with Crippen molar-refractivity contribution in [1.82, 2.24) is 4.90 Å². The lowest BCUT2D eigenvalue weighted by molar-refractivity contribution is -0.138. The van der Waals surface area contributed by atoms with Gasteiger partial charge in [-0.2, -0.15) is 5.26 Å². The van der Waals surface area contributed by atoms with E-state index in [9.17, 15) is 4.79 Å². The second kappa shape index (κ2) is 5.50. The molecule has 94 valence electrons. The molecule has 4 nitrogen and oxygen atoms in total. The van der Waals surface area contributed by atoms with Crippen LogP contribution in [0.1, 0.15) is 39.0 Å². The zero-order valence-corrected chi connectivity index (χ0v) is 10.4. The van der Waals surface area contributed by atoms with Gasteiger partial charge >= 0.3 is 0 Å². The molecule has 4 heteroatoms. The fraction of sp³-hybridized carbons (Fsp3) is 0.846. The maximum atomic E-state index is 12.3. The molecule has 0 spiro atoms. The lowest BCUT2D eigenvalue weighted by Crippen LogP contribution is -2.38. The van der Waals surface area contributed by atoms with E-state index in [1.165, 1.54) is 6.42 Å². The van der Waals surface area contributed by atoms with E-state index < -0.39 is 0 Å². The Morgan fingerprint density at radius 3 is 2.94 bits per heavy atom. The van der Waals surface area contributed by atoms with Gasteiger partial charge in [0.2, 0.25) is 5.91 Å². The van der Waals surface area contributed by atoms with E-state index in [0.29, 0.717) is 25.5 Å². The summed E-state index contributed by atoms with van der Waals surface area (Å²) in [5, 5.41) is 8.66. The fourth-order valence-corrected chi connectivity index (χ4v) is 3.17. The largest absolute Gasteiger partial charge is 0.358 e. The molecule has 0 aromatic carbocycles. The molecule has 0 aromatic rings. The number of carbonyl (C=O) groups excluding carboxylic acids is 1. The van der Waals surface area contributed by atoms with Crippen LogP contribution in [0.2, 0.25) is 0 Å². The van der Waals surface area contributed by atoms with Gasteiger partial charge in [-0.25, -0.2) is 0 Å². The monoisotopic (exact) mass is 236 g/mol. The number of ether oxygens (including phenoxy) is 1. The quantitative estimate of drug-likeness (QED) is 0.749. The normalized spacial score (nSPS) is 32.4. The smallest absolute Gasteiger partial charge is 0.228 e. The molecule has 1 saturated heterocycles. The van der Waals surface area contributed by atoms with Crippen LogP contribution in [0, 0.1) is 23.2 Å². The first-order valence-electron chi connectivity index (χ1n) is 6.58. The molecule has 3 atom stereocenters. The molecule has 0 N–H and O–H groups in total. The summed E-state index contributed by atoms with van der Waals surface area (Å²) in [6.07, 6.45) is 4.75. The van der Waals surface area contributed by atoms with Crippen LogP contribution < -0.4 is 0 Å². The number of rotatable bonds is 4. The second-order valence-corrected chi connectivity index (χ2v) is 4.84. The highest BCUT2D eigenvalue weighted by atomic mass is 16.5. The zero-order chi connectivity index (χ0) is 12.3. The Balaban J connectivity index is 2.11. The van der Waals surface area contributed by atoms with Gasteiger partial charge in [-0.3, -0.25) is 4.79 Å². The molecule has 1 heterocycles. The van der Waals surface area contributed by atoms with Crippen LogP contribution in [-0.2, 0) is 9.53 Å². The number of amides is 1. The summed E-state index contributed by atoms with van der Waals surface area (Å²) in [4.78, 5) is 14.1. The highest BCUT2D eigenvalue weighted by Crippen LogP contribution is 2.41. The van der Waals surface area contributed by atoms with Crippen LogP contribution in [0.5, 0.6) is 0 Å². The van der Waals surface area contributed by atoms with Gasteiger partial charge in [0.25, 0.3) is 0 Å². The third kappa shape index (κ3) is 2.30. The van der Waals surface area contributed by atoms with Crippen molar-refractivity contribution in [3.05, 3.63) is 0 Å². The number of hydrogen-bond acceptors (Lipinski definition) is 3. The van der Waals surface area contributed by atoms with Gasteiger partial charge in [0, 0.05) is 25.0 Å². The molecule has 0 aromatic heterocycles. The average Bonchev–Trinajstić information content (AvgIpc) is 2.62. The first-order chi connectivity index (χ1) is 8.29. The Bertz CT molecular complexity index is 324. The van der Waals surface area contributed by atoms with E-state index in [1.54, 1.807) is 4.90 Å². The van der Waals surface area contributed by atoms with Gasteiger partial charge in [0.15, 0.2) is 0 Å². The van der Waals surface area contributed by atoms with Crippen LogP contribution in [0.4, 0.5) is 0 Å². The SMILES string of the molecule is CCO[C@H]1[C@@H]2CCCC[C@@H]2C(=O)N1CCC#N. The molecule has 1 aliphatic heterocycles. The van der Waals surface area contributed by atoms with Crippen LogP contribution in [0.3, 0.4) is 0 Å². The highest BCUT2D eigenvalue weighted by Gasteiger charge is 2.48. The third-order valence-electron chi connectivity index (χ3n) is 3.90. The van der Waals surface area contributed by atoms with Crippen molar-refractivity contribution in [2.75, 3.05) is 13.2 Å². The molecule has 2 aliphatic rings. The van der Waals surface area contributed by atoms with Crippen molar-refractivity contribution in [2.45, 2.75) is 45.3 Å². The molecule has 2 fully saturated rings. The number of carbonyl (C=O) groups is 1. The lowest BCUT2D eigenvalue weighted by atomic mass is 9.81. The Hall–Kier alpha value is -1.08. The van der Waals surface area contributed by atoms with Crippen molar-refractivity contribution in [3.8, 4) is 6.07 Å². The fourth-order valence-electron chi connectivity index (χ4n) is 3.17. The minimum absolute atomic E-state index is 0.0776. The molecule has 1 aliphatic carbocycles. The number of fused-ring (bicyclic) bond motifs is 1. The van der Waals surface area contributed by atoms with E-state index in [2.05, 4.69) is 6.07 Å². The maximum Gasteiger partial charge on any atom is 0.228 e. The highest BCUT2D eigenvalue weighted by molar-refractivity contribution is 5.82. The summed E-state index contributed by atoms with van der Waals surface area (Å²) in [6.45, 7) is 3.11. The number of hydrogen-bond donors (Lipinski definition) is 0. The summed E-state index contributed by atoms with van der Waals surface area (Å²) in [5.74, 6) is 0.720. The second-order valence-electron chi connectivity index (χ2n) is 4.84. The molecular formula is C13H20N2O2. The van der Waals surface area contributed by atoms with Gasteiger partial charge in [-0.15, -0.1) is 0 Å². The van der Waals surface area contributed by atoms with Crippen LogP contribution >= 0.6 is 0 Å². The summed E-state index contributed by atoms with van der Waals surface area (Å²) < 4.78 is 5.75. The molecule has 0 radical (unpaired) electrons. The van der Waals surface area contributed by atoms with Gasteiger partial charge in [0.1, 0.15) is 6.23 Å². The summed E-state index contributed by atoms with van der Waals surface area (Å²) in [5.41, 5.74) is 0. The zero-order valence-electron chi connectivity index (χ0n) is 10.4. The van der Waals surface area contributed by atoms with E-state index >= 15 is 0 Å². The topological polar surface area (TPSA) is 53.3 Å². The minimum atomic E-state index is -0.0776. The predicted octanol–water partition coefficient (Wildman–Crippen LogP) is 1.91. The van der Waals surface area contributed by atoms with E-state index in [-0.39, 0.29) is 18.1 Å². The molecule has 1 amide bonds. The van der Waals surface area contributed by atoms with Gasteiger partial charge in [0.05, 0.1) is 12.5 Å². The average molecular weight is 236 g/mol. The first kappa shape index (κ1) is 12.4. The van der Waals surface area contributed by atoms with Crippen molar-refractivity contribution in [1.29, 1.82) is 5.26 Å². The lowest BCUT2D eigenvalue weighted by Gasteiger charge is -2.29. The molecule has 2 rings (SSSR count). The Labute approximate surface area is 103 Å². The Kier molecular flexibility index (Phi) is 4.01. The van der Waals surface area contributed by atoms with Gasteiger partial charge in [-0.05, 0) is 19.8 Å². The summed E-state index contributed by atoms with van der Waals surface area (Å²) in [6, 6.07) is 2.11. The molecule has 0 unspecified atom stereocenters. The van der Waals surface area contributed by atoms with E-state index in [0.717, 1.165) is 19.3 Å². The molecule has 0 bridgehead atoms. The number of likely N-dealkylation sites (tertiary alicyclic amines) is 1. The van der Waals surface area contributed by atoms with Crippen molar-refractivity contribution < 1.29 is 9.53 Å². The van der Waals surface area contributed by atoms with E-state index in [1.807, 2.05) is 6.92 Å². The molecular weight excluding hydrogens is 216 g/mol. The third-order valence-corrected chi connectivity index (χ3v) is 3.90. The first-order valence-corrected chi connectivity index (χ1v) is 6.58. The van der Waals surface area contributed by atoms with Crippen LogP contribution in [-0.4, -0.2) is 30.2 Å². The van der Waals surface area contributed by atoms with Crippen LogP contribution in [0.15, 0.2) is 0 Å². The standard InChI is InChI=1S/C13H20N2O2/c1-2-17-13-11-7-4-3-6-10(11)12(16)15(13)9-5-8-14/h10-11,13H,2-7,9H2,1H3/t10-,11+,13-/m0/s1. The van der Waals surface area contributed by atoms with Crippen molar-refractivity contribution in [2.24, 2.45) is 11.8 Å². The predicted molar refractivity (Wildman–Crippen MR) is 62.8 cm³/mol. The summed E-state index contributed by atoms with van der Waals surface area (Å²) in [7, 11) is 0. The summed E-state index contributed by atoms with van der Waals surface area (Å²) >= 11 is 0. The molecule has 1 saturated carbocycles.